The number of likely N-dealkylation sites (tertiary alicyclic amines) is 2. The fourth-order valence-electron chi connectivity index (χ4n) is 3.60. The van der Waals surface area contributed by atoms with Crippen LogP contribution >= 0.6 is 22.9 Å². The summed E-state index contributed by atoms with van der Waals surface area (Å²) in [5, 5.41) is 0. The summed E-state index contributed by atoms with van der Waals surface area (Å²) >= 11 is 7.45. The van der Waals surface area contributed by atoms with Crippen molar-refractivity contribution in [1.29, 1.82) is 0 Å². The van der Waals surface area contributed by atoms with Gasteiger partial charge in [-0.3, -0.25) is 14.5 Å². The van der Waals surface area contributed by atoms with Crippen molar-refractivity contribution in [3.05, 3.63) is 21.3 Å². The lowest BCUT2D eigenvalue weighted by atomic mass is 9.95. The topological polar surface area (TPSA) is 43.9 Å². The fourth-order valence-corrected chi connectivity index (χ4v) is 4.75. The number of rotatable bonds is 5. The van der Waals surface area contributed by atoms with Gasteiger partial charge in [-0.25, -0.2) is 0 Å². The molecule has 0 atom stereocenters. The zero-order valence-electron chi connectivity index (χ0n) is 14.7. The van der Waals surface area contributed by atoms with Gasteiger partial charge in [-0.2, -0.15) is 0 Å². The summed E-state index contributed by atoms with van der Waals surface area (Å²) in [6.45, 7) is 4.54. The van der Waals surface area contributed by atoms with E-state index in [1.807, 2.05) is 24.1 Å². The van der Waals surface area contributed by atoms with Crippen molar-refractivity contribution in [3.63, 3.8) is 0 Å². The second-order valence-electron chi connectivity index (χ2n) is 7.04. The SMILES string of the molecule is CN(Cc1ccc(Cl)s1)C(=O)CN1CCC(C(=O)N2CCCC2)CC1. The molecule has 7 heteroatoms. The third-order valence-electron chi connectivity index (χ3n) is 5.16. The third-order valence-corrected chi connectivity index (χ3v) is 6.38. The standard InChI is InChI=1S/C18H26ClN3O2S/c1-20(12-15-4-5-16(19)25-15)17(23)13-21-10-6-14(7-11-21)18(24)22-8-2-3-9-22/h4-5,14H,2-3,6-13H2,1H3. The van der Waals surface area contributed by atoms with Crippen molar-refractivity contribution in [2.75, 3.05) is 39.8 Å². The lowest BCUT2D eigenvalue weighted by Crippen LogP contribution is -2.45. The van der Waals surface area contributed by atoms with Gasteiger partial charge in [-0.1, -0.05) is 11.6 Å². The third kappa shape index (κ3) is 4.96. The van der Waals surface area contributed by atoms with E-state index in [2.05, 4.69) is 4.90 Å². The zero-order valence-corrected chi connectivity index (χ0v) is 16.3. The van der Waals surface area contributed by atoms with Crippen LogP contribution in [0.5, 0.6) is 0 Å². The van der Waals surface area contributed by atoms with E-state index in [4.69, 9.17) is 11.6 Å². The Bertz CT molecular complexity index is 607. The predicted octanol–water partition coefficient (Wildman–Crippen LogP) is 2.69. The van der Waals surface area contributed by atoms with E-state index in [-0.39, 0.29) is 11.8 Å². The number of likely N-dealkylation sites (N-methyl/N-ethyl adjacent to an activating group) is 1. The molecule has 0 aliphatic carbocycles. The van der Waals surface area contributed by atoms with Crippen molar-refractivity contribution < 1.29 is 9.59 Å². The normalized spacial score (nSPS) is 19.4. The molecule has 0 unspecified atom stereocenters. The summed E-state index contributed by atoms with van der Waals surface area (Å²) in [6, 6.07) is 3.83. The van der Waals surface area contributed by atoms with E-state index in [9.17, 15) is 9.59 Å². The smallest absolute Gasteiger partial charge is 0.236 e. The molecule has 5 nitrogen and oxygen atoms in total. The Morgan fingerprint density at radius 2 is 1.88 bits per heavy atom. The molecule has 0 saturated carbocycles. The van der Waals surface area contributed by atoms with Gasteiger partial charge in [-0.05, 0) is 50.9 Å². The molecular formula is C18H26ClN3O2S. The molecule has 0 aromatic carbocycles. The van der Waals surface area contributed by atoms with E-state index in [0.29, 0.717) is 19.0 Å². The Balaban J connectivity index is 1.42. The van der Waals surface area contributed by atoms with Gasteiger partial charge in [0.05, 0.1) is 17.4 Å². The van der Waals surface area contributed by atoms with E-state index in [0.717, 1.165) is 61.1 Å². The van der Waals surface area contributed by atoms with Gasteiger partial charge >= 0.3 is 0 Å². The van der Waals surface area contributed by atoms with Crippen LogP contribution in [-0.2, 0) is 16.1 Å². The summed E-state index contributed by atoms with van der Waals surface area (Å²) in [6.07, 6.45) is 4.02. The Morgan fingerprint density at radius 3 is 2.48 bits per heavy atom. The van der Waals surface area contributed by atoms with Crippen LogP contribution in [0.15, 0.2) is 12.1 Å². The molecule has 1 aromatic rings. The molecule has 2 amide bonds. The lowest BCUT2D eigenvalue weighted by Gasteiger charge is -2.33. The highest BCUT2D eigenvalue weighted by atomic mass is 35.5. The first kappa shape index (κ1) is 18.7. The van der Waals surface area contributed by atoms with E-state index in [1.54, 1.807) is 4.90 Å². The van der Waals surface area contributed by atoms with Crippen LogP contribution in [0.3, 0.4) is 0 Å². The molecule has 3 heterocycles. The molecular weight excluding hydrogens is 358 g/mol. The van der Waals surface area contributed by atoms with Gasteiger partial charge in [0.1, 0.15) is 0 Å². The van der Waals surface area contributed by atoms with E-state index >= 15 is 0 Å². The van der Waals surface area contributed by atoms with Gasteiger partial charge in [-0.15, -0.1) is 11.3 Å². The highest BCUT2D eigenvalue weighted by molar-refractivity contribution is 7.16. The average molecular weight is 384 g/mol. The largest absolute Gasteiger partial charge is 0.342 e. The van der Waals surface area contributed by atoms with Gasteiger partial charge in [0, 0.05) is 30.9 Å². The summed E-state index contributed by atoms with van der Waals surface area (Å²) in [4.78, 5) is 31.9. The molecule has 25 heavy (non-hydrogen) atoms. The Morgan fingerprint density at radius 1 is 1.20 bits per heavy atom. The predicted molar refractivity (Wildman–Crippen MR) is 101 cm³/mol. The summed E-state index contributed by atoms with van der Waals surface area (Å²) in [5.41, 5.74) is 0. The first-order valence-electron chi connectivity index (χ1n) is 9.02. The Kier molecular flexibility index (Phi) is 6.36. The van der Waals surface area contributed by atoms with Crippen molar-refractivity contribution in [2.45, 2.75) is 32.2 Å². The number of carbonyl (C=O) groups is 2. The molecule has 1 aromatic heterocycles. The second-order valence-corrected chi connectivity index (χ2v) is 8.84. The first-order chi connectivity index (χ1) is 12.0. The van der Waals surface area contributed by atoms with E-state index < -0.39 is 0 Å². The monoisotopic (exact) mass is 383 g/mol. The maximum absolute atomic E-state index is 12.5. The highest BCUT2D eigenvalue weighted by Gasteiger charge is 2.30. The first-order valence-corrected chi connectivity index (χ1v) is 10.2. The summed E-state index contributed by atoms with van der Waals surface area (Å²) < 4.78 is 0.751. The minimum absolute atomic E-state index is 0.119. The maximum atomic E-state index is 12.5. The molecule has 2 fully saturated rings. The molecule has 138 valence electrons. The number of hydrogen-bond donors (Lipinski definition) is 0. The van der Waals surface area contributed by atoms with Crippen LogP contribution < -0.4 is 0 Å². The lowest BCUT2D eigenvalue weighted by molar-refractivity contribution is -0.136. The van der Waals surface area contributed by atoms with Crippen LogP contribution in [0.1, 0.15) is 30.6 Å². The van der Waals surface area contributed by atoms with Crippen molar-refractivity contribution in [3.8, 4) is 0 Å². The summed E-state index contributed by atoms with van der Waals surface area (Å²) in [5.74, 6) is 0.597. The zero-order chi connectivity index (χ0) is 17.8. The highest BCUT2D eigenvalue weighted by Crippen LogP contribution is 2.23. The average Bonchev–Trinajstić information content (AvgIpc) is 3.27. The quantitative estimate of drug-likeness (QED) is 0.785. The molecule has 0 spiro atoms. The molecule has 2 aliphatic heterocycles. The number of thiophene rings is 1. The molecule has 3 rings (SSSR count). The van der Waals surface area contributed by atoms with Gasteiger partial charge in [0.25, 0.3) is 0 Å². The number of nitrogens with zero attached hydrogens (tertiary/aromatic N) is 3. The van der Waals surface area contributed by atoms with Crippen LogP contribution in [0.25, 0.3) is 0 Å². The molecule has 0 bridgehead atoms. The fraction of sp³-hybridized carbons (Fsp3) is 0.667. The molecule has 0 N–H and O–H groups in total. The summed E-state index contributed by atoms with van der Waals surface area (Å²) in [7, 11) is 1.83. The van der Waals surface area contributed by atoms with Crippen LogP contribution in [0.4, 0.5) is 0 Å². The van der Waals surface area contributed by atoms with Gasteiger partial charge in [0.15, 0.2) is 0 Å². The number of carbonyl (C=O) groups excluding carboxylic acids is 2. The second kappa shape index (κ2) is 8.52. The van der Waals surface area contributed by atoms with Crippen molar-refractivity contribution in [2.24, 2.45) is 5.92 Å². The number of hydrogen-bond acceptors (Lipinski definition) is 4. The van der Waals surface area contributed by atoms with Crippen LogP contribution in [-0.4, -0.2) is 66.3 Å². The van der Waals surface area contributed by atoms with Crippen LogP contribution in [0, 0.1) is 5.92 Å². The van der Waals surface area contributed by atoms with Crippen molar-refractivity contribution >= 4 is 34.8 Å². The Hall–Kier alpha value is -1.11. The number of amides is 2. The van der Waals surface area contributed by atoms with E-state index in [1.165, 1.54) is 11.3 Å². The number of halogens is 1. The van der Waals surface area contributed by atoms with Gasteiger partial charge in [0.2, 0.25) is 11.8 Å². The minimum atomic E-state index is 0.119. The Labute approximate surface area is 158 Å². The molecule has 2 saturated heterocycles. The molecule has 2 aliphatic rings. The van der Waals surface area contributed by atoms with Crippen molar-refractivity contribution in [1.82, 2.24) is 14.7 Å². The van der Waals surface area contributed by atoms with Gasteiger partial charge < -0.3 is 9.80 Å². The molecule has 0 radical (unpaired) electrons. The van der Waals surface area contributed by atoms with Crippen LogP contribution in [0.2, 0.25) is 4.34 Å². The maximum Gasteiger partial charge on any atom is 0.236 e. The number of piperidine rings is 1. The minimum Gasteiger partial charge on any atom is -0.342 e.